The van der Waals surface area contributed by atoms with Gasteiger partial charge < -0.3 is 14.2 Å². The molecule has 0 fully saturated rings. The minimum absolute atomic E-state index is 0.344. The molecule has 1 aromatic rings. The van der Waals surface area contributed by atoms with Crippen molar-refractivity contribution in [3.8, 4) is 11.5 Å². The molecule has 0 N–H and O–H groups in total. The maximum absolute atomic E-state index is 11.4. The third kappa shape index (κ3) is 1.64. The molecule has 1 aliphatic rings. The average molecular weight is 243 g/mol. The highest BCUT2D eigenvalue weighted by atomic mass is 35.5. The van der Waals surface area contributed by atoms with Crippen molar-refractivity contribution in [2.45, 2.75) is 13.2 Å². The molecule has 0 saturated carbocycles. The number of methoxy groups -OCH3 is 2. The van der Waals surface area contributed by atoms with Crippen LogP contribution in [0.15, 0.2) is 6.07 Å². The first kappa shape index (κ1) is 11.2. The molecule has 4 nitrogen and oxygen atoms in total. The zero-order valence-corrected chi connectivity index (χ0v) is 9.76. The highest BCUT2D eigenvalue weighted by Gasteiger charge is 2.26. The van der Waals surface area contributed by atoms with E-state index >= 15 is 0 Å². The molecule has 86 valence electrons. The summed E-state index contributed by atoms with van der Waals surface area (Å²) in [6, 6.07) is 1.81. The van der Waals surface area contributed by atoms with Gasteiger partial charge in [0.05, 0.1) is 33.0 Å². The maximum atomic E-state index is 11.4. The SMILES string of the molecule is COc1cc2c(c(C(=O)Cl)c1OC)COC2. The molecule has 0 radical (unpaired) electrons. The van der Waals surface area contributed by atoms with Crippen molar-refractivity contribution in [3.05, 3.63) is 22.8 Å². The molecule has 1 aromatic carbocycles. The normalized spacial score (nSPS) is 13.4. The summed E-state index contributed by atoms with van der Waals surface area (Å²) in [5.41, 5.74) is 2.05. The molecule has 0 amide bonds. The fourth-order valence-electron chi connectivity index (χ4n) is 1.85. The molecular weight excluding hydrogens is 232 g/mol. The van der Waals surface area contributed by atoms with Crippen molar-refractivity contribution in [3.63, 3.8) is 0 Å². The van der Waals surface area contributed by atoms with E-state index in [2.05, 4.69) is 0 Å². The summed E-state index contributed by atoms with van der Waals surface area (Å²) in [7, 11) is 2.99. The number of hydrogen-bond donors (Lipinski definition) is 0. The Hall–Kier alpha value is -1.26. The van der Waals surface area contributed by atoms with Crippen molar-refractivity contribution >= 4 is 16.8 Å². The van der Waals surface area contributed by atoms with E-state index in [9.17, 15) is 4.79 Å². The van der Waals surface area contributed by atoms with E-state index in [0.29, 0.717) is 30.3 Å². The number of fused-ring (bicyclic) bond motifs is 1. The highest BCUT2D eigenvalue weighted by molar-refractivity contribution is 6.68. The molecule has 0 unspecified atom stereocenters. The fraction of sp³-hybridized carbons (Fsp3) is 0.364. The lowest BCUT2D eigenvalue weighted by Gasteiger charge is -2.13. The Labute approximate surface area is 98.1 Å². The second kappa shape index (κ2) is 4.31. The van der Waals surface area contributed by atoms with Gasteiger partial charge in [-0.25, -0.2) is 0 Å². The van der Waals surface area contributed by atoms with Crippen LogP contribution < -0.4 is 9.47 Å². The van der Waals surface area contributed by atoms with Gasteiger partial charge in [0, 0.05) is 0 Å². The van der Waals surface area contributed by atoms with Gasteiger partial charge in [-0.1, -0.05) is 0 Å². The summed E-state index contributed by atoms with van der Waals surface area (Å²) in [6.45, 7) is 0.844. The first-order chi connectivity index (χ1) is 7.69. The zero-order chi connectivity index (χ0) is 11.7. The Morgan fingerprint density at radius 2 is 2.12 bits per heavy atom. The number of ether oxygens (including phenoxy) is 3. The maximum Gasteiger partial charge on any atom is 0.256 e. The largest absolute Gasteiger partial charge is 0.493 e. The second-order valence-corrected chi connectivity index (χ2v) is 3.73. The lowest BCUT2D eigenvalue weighted by molar-refractivity contribution is 0.107. The van der Waals surface area contributed by atoms with Gasteiger partial charge in [-0.3, -0.25) is 4.79 Å². The Morgan fingerprint density at radius 1 is 1.38 bits per heavy atom. The van der Waals surface area contributed by atoms with Gasteiger partial charge in [-0.2, -0.15) is 0 Å². The van der Waals surface area contributed by atoms with Gasteiger partial charge in [0.2, 0.25) is 0 Å². The summed E-state index contributed by atoms with van der Waals surface area (Å²) >= 11 is 5.57. The lowest BCUT2D eigenvalue weighted by Crippen LogP contribution is -2.04. The average Bonchev–Trinajstić information content (AvgIpc) is 2.73. The monoisotopic (exact) mass is 242 g/mol. The second-order valence-electron chi connectivity index (χ2n) is 3.39. The molecule has 1 aliphatic heterocycles. The summed E-state index contributed by atoms with van der Waals surface area (Å²) < 4.78 is 15.6. The Kier molecular flexibility index (Phi) is 3.03. The van der Waals surface area contributed by atoms with Crippen LogP contribution in [0, 0.1) is 0 Å². The summed E-state index contributed by atoms with van der Waals surface area (Å²) in [4.78, 5) is 11.4. The van der Waals surface area contributed by atoms with Crippen LogP contribution in [0.25, 0.3) is 0 Å². The molecule has 0 atom stereocenters. The third-order valence-corrected chi connectivity index (χ3v) is 2.76. The molecule has 2 rings (SSSR count). The Morgan fingerprint density at radius 3 is 2.69 bits per heavy atom. The topological polar surface area (TPSA) is 44.8 Å². The van der Waals surface area contributed by atoms with E-state index < -0.39 is 5.24 Å². The van der Waals surface area contributed by atoms with Gasteiger partial charge in [-0.05, 0) is 28.8 Å². The zero-order valence-electron chi connectivity index (χ0n) is 9.00. The number of rotatable bonds is 3. The standard InChI is InChI=1S/C11H11ClO4/c1-14-8-3-6-4-16-5-7(6)9(11(12)13)10(8)15-2/h3H,4-5H2,1-2H3. The molecule has 16 heavy (non-hydrogen) atoms. The molecule has 0 bridgehead atoms. The Balaban J connectivity index is 2.70. The van der Waals surface area contributed by atoms with E-state index in [-0.39, 0.29) is 0 Å². The first-order valence-electron chi connectivity index (χ1n) is 4.73. The quantitative estimate of drug-likeness (QED) is 0.762. The van der Waals surface area contributed by atoms with Crippen molar-refractivity contribution in [2.75, 3.05) is 14.2 Å². The molecule has 0 spiro atoms. The van der Waals surface area contributed by atoms with Crippen molar-refractivity contribution in [1.82, 2.24) is 0 Å². The van der Waals surface area contributed by atoms with Gasteiger partial charge in [0.15, 0.2) is 11.5 Å². The van der Waals surface area contributed by atoms with E-state index in [1.807, 2.05) is 6.07 Å². The van der Waals surface area contributed by atoms with E-state index in [1.54, 1.807) is 0 Å². The molecule has 0 aromatic heterocycles. The minimum atomic E-state index is -0.558. The lowest BCUT2D eigenvalue weighted by atomic mass is 10.0. The number of hydrogen-bond acceptors (Lipinski definition) is 4. The van der Waals surface area contributed by atoms with Crippen LogP contribution in [0.4, 0.5) is 0 Å². The van der Waals surface area contributed by atoms with Gasteiger partial charge >= 0.3 is 0 Å². The Bertz CT molecular complexity index is 442. The highest BCUT2D eigenvalue weighted by Crippen LogP contribution is 2.39. The molecule has 0 aliphatic carbocycles. The number of carbonyl (C=O) groups is 1. The smallest absolute Gasteiger partial charge is 0.256 e. The third-order valence-electron chi connectivity index (χ3n) is 2.57. The van der Waals surface area contributed by atoms with Crippen LogP contribution in [0.1, 0.15) is 21.5 Å². The van der Waals surface area contributed by atoms with Gasteiger partial charge in [0.1, 0.15) is 0 Å². The minimum Gasteiger partial charge on any atom is -0.493 e. The number of carbonyl (C=O) groups excluding carboxylic acids is 1. The van der Waals surface area contributed by atoms with Crippen LogP contribution in [0.5, 0.6) is 11.5 Å². The van der Waals surface area contributed by atoms with Gasteiger partial charge in [-0.15, -0.1) is 0 Å². The van der Waals surface area contributed by atoms with E-state index in [4.69, 9.17) is 25.8 Å². The van der Waals surface area contributed by atoms with E-state index in [1.165, 1.54) is 14.2 Å². The predicted octanol–water partition coefficient (Wildman–Crippen LogP) is 2.11. The van der Waals surface area contributed by atoms with Crippen LogP contribution in [0.3, 0.4) is 0 Å². The number of halogens is 1. The van der Waals surface area contributed by atoms with Crippen molar-refractivity contribution < 1.29 is 19.0 Å². The molecule has 1 heterocycles. The van der Waals surface area contributed by atoms with Crippen LogP contribution in [-0.2, 0) is 18.0 Å². The number of benzene rings is 1. The van der Waals surface area contributed by atoms with Crippen LogP contribution in [-0.4, -0.2) is 19.5 Å². The van der Waals surface area contributed by atoms with E-state index in [0.717, 1.165) is 11.1 Å². The van der Waals surface area contributed by atoms with Crippen molar-refractivity contribution in [2.24, 2.45) is 0 Å². The summed E-state index contributed by atoms with van der Waals surface area (Å²) in [5.74, 6) is 0.863. The van der Waals surface area contributed by atoms with Crippen LogP contribution in [0.2, 0.25) is 0 Å². The first-order valence-corrected chi connectivity index (χ1v) is 5.11. The van der Waals surface area contributed by atoms with Crippen molar-refractivity contribution in [1.29, 1.82) is 0 Å². The molecule has 5 heteroatoms. The fourth-order valence-corrected chi connectivity index (χ4v) is 2.05. The van der Waals surface area contributed by atoms with Gasteiger partial charge in [0.25, 0.3) is 5.24 Å². The van der Waals surface area contributed by atoms with Crippen LogP contribution >= 0.6 is 11.6 Å². The summed E-state index contributed by atoms with van der Waals surface area (Å²) in [5, 5.41) is -0.558. The molecular formula is C11H11ClO4. The summed E-state index contributed by atoms with van der Waals surface area (Å²) in [6.07, 6.45) is 0. The molecule has 0 saturated heterocycles. The predicted molar refractivity (Wildman–Crippen MR) is 58.2 cm³/mol.